The molecule has 0 saturated heterocycles. The van der Waals surface area contributed by atoms with Gasteiger partial charge in [-0.15, -0.1) is 5.92 Å². The molecule has 1 atom stereocenters. The Morgan fingerprint density at radius 2 is 1.79 bits per heavy atom. The van der Waals surface area contributed by atoms with Crippen LogP contribution >= 0.6 is 0 Å². The molecule has 0 amide bonds. The van der Waals surface area contributed by atoms with E-state index in [0.29, 0.717) is 6.61 Å². The van der Waals surface area contributed by atoms with Crippen molar-refractivity contribution >= 4 is 5.97 Å². The Kier molecular flexibility index (Phi) is 7.44. The monoisotopic (exact) mass is 439 g/mol. The summed E-state index contributed by atoms with van der Waals surface area (Å²) in [5, 5.41) is 9.11. The molecule has 3 aromatic rings. The van der Waals surface area contributed by atoms with E-state index < -0.39 is 5.97 Å². The zero-order chi connectivity index (χ0) is 23.0. The number of carboxylic acid groups (broad SMARTS) is 1. The summed E-state index contributed by atoms with van der Waals surface area (Å²) in [4.78, 5) is 13.6. The van der Waals surface area contributed by atoms with Crippen molar-refractivity contribution in [2.45, 2.75) is 45.4 Å². The van der Waals surface area contributed by atoms with Crippen LogP contribution in [0.1, 0.15) is 47.1 Å². The Labute approximate surface area is 195 Å². The zero-order valence-corrected chi connectivity index (χ0v) is 19.0. The van der Waals surface area contributed by atoms with Crippen LogP contribution in [-0.4, -0.2) is 22.5 Å². The van der Waals surface area contributed by atoms with E-state index in [1.54, 1.807) is 6.92 Å². The van der Waals surface area contributed by atoms with Gasteiger partial charge in [0.2, 0.25) is 0 Å². The number of benzene rings is 3. The van der Waals surface area contributed by atoms with E-state index in [9.17, 15) is 4.79 Å². The molecule has 0 bridgehead atoms. The van der Waals surface area contributed by atoms with Gasteiger partial charge in [-0.05, 0) is 53.3 Å². The van der Waals surface area contributed by atoms with Crippen molar-refractivity contribution in [3.05, 3.63) is 101 Å². The van der Waals surface area contributed by atoms with Gasteiger partial charge in [0.1, 0.15) is 12.4 Å². The molecule has 0 saturated carbocycles. The predicted molar refractivity (Wildman–Crippen MR) is 130 cm³/mol. The molecule has 0 fully saturated rings. The quantitative estimate of drug-likeness (QED) is 0.477. The molecule has 0 aromatic heterocycles. The molecule has 4 heteroatoms. The van der Waals surface area contributed by atoms with Crippen LogP contribution in [-0.2, 0) is 30.9 Å². The predicted octanol–water partition coefficient (Wildman–Crippen LogP) is 5.41. The van der Waals surface area contributed by atoms with Gasteiger partial charge in [0.25, 0.3) is 0 Å². The minimum absolute atomic E-state index is 0.00353. The van der Waals surface area contributed by atoms with Crippen LogP contribution in [0.3, 0.4) is 0 Å². The molecule has 1 aliphatic heterocycles. The highest BCUT2D eigenvalue weighted by atomic mass is 16.5. The maximum absolute atomic E-state index is 11.1. The molecule has 0 radical (unpaired) electrons. The summed E-state index contributed by atoms with van der Waals surface area (Å²) < 4.78 is 5.99. The fraction of sp³-hybridized carbons (Fsp3) is 0.276. The number of ether oxygens (including phenoxy) is 1. The van der Waals surface area contributed by atoms with E-state index in [1.165, 1.54) is 16.7 Å². The van der Waals surface area contributed by atoms with Crippen molar-refractivity contribution in [2.24, 2.45) is 0 Å². The first-order valence-corrected chi connectivity index (χ1v) is 11.3. The molecule has 168 valence electrons. The lowest BCUT2D eigenvalue weighted by molar-refractivity contribution is -0.137. The summed E-state index contributed by atoms with van der Waals surface area (Å²) in [6.45, 7) is 5.22. The van der Waals surface area contributed by atoms with Gasteiger partial charge in [0.15, 0.2) is 0 Å². The minimum Gasteiger partial charge on any atom is -0.489 e. The Morgan fingerprint density at radius 3 is 2.55 bits per heavy atom. The summed E-state index contributed by atoms with van der Waals surface area (Å²) in [7, 11) is 0. The first-order valence-electron chi connectivity index (χ1n) is 11.3. The number of carbonyl (C=O) groups is 1. The third-order valence-electron chi connectivity index (χ3n) is 5.99. The van der Waals surface area contributed by atoms with Crippen molar-refractivity contribution in [1.29, 1.82) is 0 Å². The van der Waals surface area contributed by atoms with Gasteiger partial charge < -0.3 is 9.84 Å². The van der Waals surface area contributed by atoms with E-state index >= 15 is 0 Å². The summed E-state index contributed by atoms with van der Waals surface area (Å²) >= 11 is 0. The lowest BCUT2D eigenvalue weighted by Crippen LogP contribution is -2.30. The number of fused-ring (bicyclic) bond motifs is 1. The van der Waals surface area contributed by atoms with Gasteiger partial charge in [-0.1, -0.05) is 66.6 Å². The largest absolute Gasteiger partial charge is 0.489 e. The van der Waals surface area contributed by atoms with Crippen molar-refractivity contribution in [3.8, 4) is 17.6 Å². The lowest BCUT2D eigenvalue weighted by atomic mass is 9.96. The van der Waals surface area contributed by atoms with Gasteiger partial charge in [0.05, 0.1) is 12.3 Å². The van der Waals surface area contributed by atoms with Gasteiger partial charge in [-0.25, -0.2) is 0 Å². The third kappa shape index (κ3) is 6.25. The molecule has 4 nitrogen and oxygen atoms in total. The minimum atomic E-state index is -0.850. The molecular weight excluding hydrogens is 410 g/mol. The lowest BCUT2D eigenvalue weighted by Gasteiger charge is -2.28. The van der Waals surface area contributed by atoms with Crippen LogP contribution in [0.4, 0.5) is 0 Å². The smallest absolute Gasteiger partial charge is 0.304 e. The SMILES string of the molecule is CC#CC(CC(=O)O)c1ccc(OCc2cccc(CN3CCc4ccccc4C3)c2)cc1. The summed E-state index contributed by atoms with van der Waals surface area (Å²) in [6, 6.07) is 24.9. The van der Waals surface area contributed by atoms with Crippen LogP contribution in [0.2, 0.25) is 0 Å². The van der Waals surface area contributed by atoms with E-state index in [2.05, 4.69) is 65.3 Å². The first kappa shape index (κ1) is 22.6. The number of rotatable bonds is 8. The Balaban J connectivity index is 1.34. The Hall–Kier alpha value is -3.55. The summed E-state index contributed by atoms with van der Waals surface area (Å²) in [5.41, 5.74) is 6.22. The molecule has 33 heavy (non-hydrogen) atoms. The van der Waals surface area contributed by atoms with Crippen LogP contribution < -0.4 is 4.74 Å². The van der Waals surface area contributed by atoms with E-state index in [4.69, 9.17) is 9.84 Å². The van der Waals surface area contributed by atoms with Crippen LogP contribution in [0.15, 0.2) is 72.8 Å². The van der Waals surface area contributed by atoms with Gasteiger partial charge in [-0.3, -0.25) is 9.69 Å². The first-order chi connectivity index (χ1) is 16.1. The molecule has 3 aromatic carbocycles. The van der Waals surface area contributed by atoms with Crippen LogP contribution in [0.5, 0.6) is 5.75 Å². The molecule has 1 N–H and O–H groups in total. The van der Waals surface area contributed by atoms with Crippen LogP contribution in [0.25, 0.3) is 0 Å². The average Bonchev–Trinajstić information content (AvgIpc) is 2.83. The van der Waals surface area contributed by atoms with Gasteiger partial charge in [-0.2, -0.15) is 0 Å². The van der Waals surface area contributed by atoms with E-state index in [-0.39, 0.29) is 12.3 Å². The highest BCUT2D eigenvalue weighted by molar-refractivity contribution is 5.69. The maximum Gasteiger partial charge on any atom is 0.304 e. The van der Waals surface area contributed by atoms with Crippen molar-refractivity contribution < 1.29 is 14.6 Å². The Bertz CT molecular complexity index is 1160. The fourth-order valence-electron chi connectivity index (χ4n) is 4.33. The molecule has 0 spiro atoms. The maximum atomic E-state index is 11.1. The molecule has 1 aliphatic rings. The molecule has 0 aliphatic carbocycles. The normalized spacial score (nSPS) is 14.0. The summed E-state index contributed by atoms with van der Waals surface area (Å²) in [5.74, 6) is 5.41. The Morgan fingerprint density at radius 1 is 1.03 bits per heavy atom. The molecular formula is C29H29NO3. The number of hydrogen-bond donors (Lipinski definition) is 1. The number of carboxylic acids is 1. The topological polar surface area (TPSA) is 49.8 Å². The van der Waals surface area contributed by atoms with Crippen molar-refractivity contribution in [2.75, 3.05) is 6.54 Å². The van der Waals surface area contributed by atoms with Crippen molar-refractivity contribution in [1.82, 2.24) is 4.90 Å². The fourth-order valence-corrected chi connectivity index (χ4v) is 4.33. The highest BCUT2D eigenvalue weighted by Gasteiger charge is 2.16. The second-order valence-corrected chi connectivity index (χ2v) is 8.45. The van der Waals surface area contributed by atoms with Gasteiger partial charge >= 0.3 is 5.97 Å². The highest BCUT2D eigenvalue weighted by Crippen LogP contribution is 2.24. The number of nitrogens with zero attached hydrogens (tertiary/aromatic N) is 1. The van der Waals surface area contributed by atoms with E-state index in [0.717, 1.165) is 42.9 Å². The second-order valence-electron chi connectivity index (χ2n) is 8.45. The van der Waals surface area contributed by atoms with Gasteiger partial charge in [0, 0.05) is 19.6 Å². The zero-order valence-electron chi connectivity index (χ0n) is 19.0. The molecule has 1 unspecified atom stereocenters. The van der Waals surface area contributed by atoms with E-state index in [1.807, 2.05) is 24.3 Å². The summed E-state index contributed by atoms with van der Waals surface area (Å²) in [6.07, 6.45) is 1.10. The molecule has 1 heterocycles. The standard InChI is InChI=1S/C29H29NO3/c1-2-6-26(18-29(31)32)25-11-13-28(14-12-25)33-21-23-8-5-7-22(17-23)19-30-16-15-24-9-3-4-10-27(24)20-30/h3-5,7-14,17,26H,15-16,18-21H2,1H3,(H,31,32). The van der Waals surface area contributed by atoms with Crippen LogP contribution in [0, 0.1) is 11.8 Å². The molecule has 4 rings (SSSR count). The number of hydrogen-bond acceptors (Lipinski definition) is 3. The number of aliphatic carboxylic acids is 1. The second kappa shape index (κ2) is 10.8. The average molecular weight is 440 g/mol. The van der Waals surface area contributed by atoms with Crippen molar-refractivity contribution in [3.63, 3.8) is 0 Å². The third-order valence-corrected chi connectivity index (χ3v) is 5.99.